The highest BCUT2D eigenvalue weighted by atomic mass is 16.3. The highest BCUT2D eigenvalue weighted by Crippen LogP contribution is 1.39. The van der Waals surface area contributed by atoms with E-state index in [-0.39, 0.29) is 18.7 Å². The normalized spacial score (nSPS) is 5.14. The van der Waals surface area contributed by atoms with Gasteiger partial charge < -0.3 is 20.8 Å². The van der Waals surface area contributed by atoms with Gasteiger partial charge in [-0.3, -0.25) is 0 Å². The van der Waals surface area contributed by atoms with Gasteiger partial charge in [0, 0.05) is 7.11 Å². The number of rotatable bonds is 1. The van der Waals surface area contributed by atoms with Crippen LogP contribution in [0, 0.1) is 0 Å². The van der Waals surface area contributed by atoms with Crippen molar-refractivity contribution in [3.8, 4) is 0 Å². The summed E-state index contributed by atoms with van der Waals surface area (Å²) in [6.07, 6.45) is 0. The molecule has 0 heterocycles. The number of hydrogen-bond donors (Lipinski definition) is 3. The van der Waals surface area contributed by atoms with Crippen LogP contribution < -0.4 is 0 Å². The van der Waals surface area contributed by atoms with Gasteiger partial charge in [0.1, 0.15) is 0 Å². The molecule has 0 atom stereocenters. The molecule has 0 rings (SSSR count). The molecule has 0 fully saturated rings. The summed E-state index contributed by atoms with van der Waals surface area (Å²) < 4.78 is 0. The predicted octanol–water partition coefficient (Wildman–Crippen LogP) is -2.25. The monoisotopic (exact) mass is 112 g/mol. The van der Waals surface area contributed by atoms with Crippen LogP contribution in [0.4, 0.5) is 0 Å². The van der Waals surface area contributed by atoms with E-state index in [1.807, 2.05) is 0 Å². The maximum Gasteiger partial charge on any atom is 0.0662 e. The van der Waals surface area contributed by atoms with Gasteiger partial charge in [-0.15, -0.1) is 0 Å². The summed E-state index contributed by atoms with van der Waals surface area (Å²) in [5, 5.41) is 22.2. The lowest BCUT2D eigenvalue weighted by molar-refractivity contribution is 0.186. The van der Waals surface area contributed by atoms with Crippen molar-refractivity contribution in [2.75, 3.05) is 20.3 Å². The number of hydrogen-bond acceptors (Lipinski definition) is 3. The molecule has 0 aliphatic heterocycles. The van der Waals surface area contributed by atoms with Crippen molar-refractivity contribution in [1.29, 1.82) is 0 Å². The second-order valence-electron chi connectivity index (χ2n) is 0.447. The van der Waals surface area contributed by atoms with Gasteiger partial charge >= 0.3 is 0 Å². The number of aliphatic hydroxyl groups excluding tert-OH is 3. The zero-order valence-electron chi connectivity index (χ0n) is 4.26. The Morgan fingerprint density at radius 1 is 1.00 bits per heavy atom. The van der Waals surface area contributed by atoms with Crippen LogP contribution in [0.25, 0.3) is 0 Å². The molecule has 0 aliphatic rings. The maximum atomic E-state index is 7.62. The molecule has 48 valence electrons. The number of aliphatic hydroxyl groups is 3. The Balaban J connectivity index is -0.0000000480. The third-order valence-electron chi connectivity index (χ3n) is 0.1000. The lowest BCUT2D eigenvalue weighted by Crippen LogP contribution is -1.85. The van der Waals surface area contributed by atoms with E-state index in [1.54, 1.807) is 0 Å². The first-order valence-electron chi connectivity index (χ1n) is 1.58. The van der Waals surface area contributed by atoms with Crippen molar-refractivity contribution in [1.82, 2.24) is 0 Å². The van der Waals surface area contributed by atoms with E-state index in [1.165, 1.54) is 0 Å². The Kier molecular flexibility index (Phi) is 91.3. The van der Waals surface area contributed by atoms with E-state index in [0.717, 1.165) is 7.11 Å². The predicted molar refractivity (Wildman–Crippen MR) is 25.9 cm³/mol. The van der Waals surface area contributed by atoms with Crippen LogP contribution in [0.2, 0.25) is 0 Å². The minimum Gasteiger partial charge on any atom is -0.412 e. The van der Waals surface area contributed by atoms with Crippen molar-refractivity contribution in [2.24, 2.45) is 0 Å². The van der Waals surface area contributed by atoms with Crippen molar-refractivity contribution in [3.05, 3.63) is 0 Å². The Morgan fingerprint density at radius 2 is 1.14 bits per heavy atom. The van der Waals surface area contributed by atoms with Gasteiger partial charge in [-0.25, -0.2) is 0 Å². The molecule has 0 aliphatic carbocycles. The molecule has 4 nitrogen and oxygen atoms in total. The van der Waals surface area contributed by atoms with E-state index in [4.69, 9.17) is 15.3 Å². The largest absolute Gasteiger partial charge is 0.412 e. The first kappa shape index (κ1) is 15.8. The summed E-state index contributed by atoms with van der Waals surface area (Å²) in [6, 6.07) is 0. The quantitative estimate of drug-likeness (QED) is 0.358. The first-order valence-corrected chi connectivity index (χ1v) is 1.58. The molecule has 0 saturated heterocycles. The summed E-state index contributed by atoms with van der Waals surface area (Å²) >= 11 is 0. The Bertz CT molecular complexity index is 8.90. The van der Waals surface area contributed by atoms with Crippen molar-refractivity contribution >= 4 is 0 Å². The molecule has 0 radical (unpaired) electrons. The minimum atomic E-state index is -0.125. The van der Waals surface area contributed by atoms with Crippen molar-refractivity contribution in [3.63, 3.8) is 0 Å². The van der Waals surface area contributed by atoms with Crippen LogP contribution in [0.15, 0.2) is 0 Å². The smallest absolute Gasteiger partial charge is 0.0662 e. The van der Waals surface area contributed by atoms with Crippen molar-refractivity contribution < 1.29 is 20.8 Å². The maximum absolute atomic E-state index is 7.62. The molecule has 0 spiro atoms. The second-order valence-corrected chi connectivity index (χ2v) is 0.447. The molecule has 0 amide bonds. The molecule has 0 saturated carbocycles. The van der Waals surface area contributed by atoms with E-state index >= 15 is 0 Å². The SMILES string of the molecule is CO.O.OCCO. The van der Waals surface area contributed by atoms with Gasteiger partial charge in [-0.2, -0.15) is 0 Å². The first-order chi connectivity index (χ1) is 2.91. The van der Waals surface area contributed by atoms with Crippen LogP contribution in [-0.4, -0.2) is 41.1 Å². The lowest BCUT2D eigenvalue weighted by atomic mass is 10.8. The average Bonchev–Trinajstić information content (AvgIpc) is 1.72. The fourth-order valence-corrected chi connectivity index (χ4v) is 0. The molecule has 0 unspecified atom stereocenters. The third kappa shape index (κ3) is 122. The molecular weight excluding hydrogens is 100 g/mol. The Morgan fingerprint density at radius 3 is 1.14 bits per heavy atom. The Hall–Kier alpha value is -0.160. The summed E-state index contributed by atoms with van der Waals surface area (Å²) in [6.45, 7) is -0.250. The van der Waals surface area contributed by atoms with Gasteiger partial charge in [-0.1, -0.05) is 0 Å². The summed E-state index contributed by atoms with van der Waals surface area (Å²) in [7, 11) is 1.00. The van der Waals surface area contributed by atoms with Crippen LogP contribution in [0.3, 0.4) is 0 Å². The Labute approximate surface area is 42.3 Å². The van der Waals surface area contributed by atoms with Crippen LogP contribution in [0.1, 0.15) is 0 Å². The average molecular weight is 112 g/mol. The summed E-state index contributed by atoms with van der Waals surface area (Å²) in [4.78, 5) is 0. The molecule has 0 aromatic carbocycles. The van der Waals surface area contributed by atoms with Gasteiger partial charge in [0.15, 0.2) is 0 Å². The van der Waals surface area contributed by atoms with Crippen LogP contribution >= 0.6 is 0 Å². The second kappa shape index (κ2) is 40.4. The standard InChI is InChI=1S/C2H6O2.CH4O.H2O/c3-1-2-4;1-2;/h3-4H,1-2H2;2H,1H3;1H2. The van der Waals surface area contributed by atoms with Crippen LogP contribution in [-0.2, 0) is 0 Å². The third-order valence-corrected chi connectivity index (χ3v) is 0.1000. The van der Waals surface area contributed by atoms with E-state index in [0.29, 0.717) is 0 Å². The van der Waals surface area contributed by atoms with E-state index in [9.17, 15) is 0 Å². The highest BCUT2D eigenvalue weighted by Gasteiger charge is 1.58. The molecule has 0 aromatic heterocycles. The fraction of sp³-hybridized carbons (Fsp3) is 1.00. The van der Waals surface area contributed by atoms with E-state index in [2.05, 4.69) is 0 Å². The molecule has 4 heteroatoms. The van der Waals surface area contributed by atoms with Gasteiger partial charge in [0.25, 0.3) is 0 Å². The van der Waals surface area contributed by atoms with Crippen molar-refractivity contribution in [2.45, 2.75) is 0 Å². The topological polar surface area (TPSA) is 92.2 Å². The minimum absolute atomic E-state index is 0. The lowest BCUT2D eigenvalue weighted by Gasteiger charge is -1.70. The van der Waals surface area contributed by atoms with Gasteiger partial charge in [-0.05, 0) is 0 Å². The molecular formula is C3H12O4. The van der Waals surface area contributed by atoms with E-state index < -0.39 is 0 Å². The van der Waals surface area contributed by atoms with Crippen LogP contribution in [0.5, 0.6) is 0 Å². The summed E-state index contributed by atoms with van der Waals surface area (Å²) in [5.74, 6) is 0. The zero-order valence-corrected chi connectivity index (χ0v) is 4.26. The van der Waals surface area contributed by atoms with Gasteiger partial charge in [0.2, 0.25) is 0 Å². The molecule has 7 heavy (non-hydrogen) atoms. The molecule has 0 aromatic rings. The fourth-order valence-electron chi connectivity index (χ4n) is 0. The molecule has 0 bridgehead atoms. The summed E-state index contributed by atoms with van der Waals surface area (Å²) in [5.41, 5.74) is 0. The van der Waals surface area contributed by atoms with Gasteiger partial charge in [0.05, 0.1) is 13.2 Å². The zero-order chi connectivity index (χ0) is 5.41. The molecule has 5 N–H and O–H groups in total. The highest BCUT2D eigenvalue weighted by molar-refractivity contribution is 4.06.